The second-order valence-corrected chi connectivity index (χ2v) is 3.99. The van der Waals surface area contributed by atoms with E-state index in [1.807, 2.05) is 0 Å². The number of aliphatic hydroxyl groups is 1. The van der Waals surface area contributed by atoms with Gasteiger partial charge >= 0.3 is 0 Å². The predicted octanol–water partition coefficient (Wildman–Crippen LogP) is 3.88. The van der Waals surface area contributed by atoms with Crippen molar-refractivity contribution in [3.63, 3.8) is 0 Å². The fraction of sp³-hybridized carbons (Fsp3) is 0.0909. The number of benzene rings is 1. The highest BCUT2D eigenvalue weighted by Crippen LogP contribution is 2.31. The van der Waals surface area contributed by atoms with Crippen molar-refractivity contribution in [3.8, 4) is 11.3 Å². The second kappa shape index (κ2) is 4.45. The average Bonchev–Trinajstić information content (AvgIpc) is 2.73. The molecule has 0 aliphatic heterocycles. The number of halogens is 3. The van der Waals surface area contributed by atoms with Crippen molar-refractivity contribution >= 4 is 23.2 Å². The Morgan fingerprint density at radius 3 is 2.31 bits per heavy atom. The Morgan fingerprint density at radius 2 is 1.81 bits per heavy atom. The van der Waals surface area contributed by atoms with Gasteiger partial charge in [-0.2, -0.15) is 0 Å². The average molecular weight is 261 g/mol. The molecule has 0 radical (unpaired) electrons. The van der Waals surface area contributed by atoms with Crippen LogP contribution in [0.4, 0.5) is 4.39 Å². The van der Waals surface area contributed by atoms with Gasteiger partial charge in [0.1, 0.15) is 18.1 Å². The molecule has 2 rings (SSSR count). The van der Waals surface area contributed by atoms with E-state index in [0.717, 1.165) is 0 Å². The lowest BCUT2D eigenvalue weighted by atomic mass is 10.2. The first kappa shape index (κ1) is 11.5. The lowest BCUT2D eigenvalue weighted by molar-refractivity contribution is 0.248. The van der Waals surface area contributed by atoms with Gasteiger partial charge in [0.05, 0.1) is 10.0 Å². The first-order valence-corrected chi connectivity index (χ1v) is 5.22. The molecular weight excluding hydrogens is 254 g/mol. The van der Waals surface area contributed by atoms with E-state index in [-0.39, 0.29) is 16.7 Å². The molecule has 0 spiro atoms. The highest BCUT2D eigenvalue weighted by atomic mass is 35.5. The maximum Gasteiger partial charge on any atom is 0.160 e. The minimum absolute atomic E-state index is 0.0653. The van der Waals surface area contributed by atoms with Crippen molar-refractivity contribution in [1.29, 1.82) is 0 Å². The summed E-state index contributed by atoms with van der Waals surface area (Å²) in [4.78, 5) is 0. The molecule has 0 aliphatic carbocycles. The molecule has 16 heavy (non-hydrogen) atoms. The quantitative estimate of drug-likeness (QED) is 0.832. The van der Waals surface area contributed by atoms with Crippen molar-refractivity contribution < 1.29 is 13.9 Å². The van der Waals surface area contributed by atoms with Crippen LogP contribution >= 0.6 is 23.2 Å². The van der Waals surface area contributed by atoms with Gasteiger partial charge in [-0.3, -0.25) is 0 Å². The van der Waals surface area contributed by atoms with Gasteiger partial charge < -0.3 is 9.52 Å². The van der Waals surface area contributed by atoms with E-state index in [1.54, 1.807) is 12.1 Å². The second-order valence-electron chi connectivity index (χ2n) is 3.18. The van der Waals surface area contributed by atoms with Gasteiger partial charge in [-0.25, -0.2) is 4.39 Å². The third kappa shape index (κ3) is 2.07. The minimum atomic E-state index is -0.652. The van der Waals surface area contributed by atoms with Gasteiger partial charge in [0.25, 0.3) is 0 Å². The summed E-state index contributed by atoms with van der Waals surface area (Å²) in [5.74, 6) is 0.250. The van der Waals surface area contributed by atoms with Crippen molar-refractivity contribution in [2.45, 2.75) is 6.61 Å². The summed E-state index contributed by atoms with van der Waals surface area (Å²) in [6, 6.07) is 6.12. The molecule has 84 valence electrons. The van der Waals surface area contributed by atoms with Crippen molar-refractivity contribution in [1.82, 2.24) is 0 Å². The standard InChI is InChI=1S/C11H7Cl2FO2/c12-8-3-6(4-9(13)11(8)14)10-2-1-7(5-15)16-10/h1-4,15H,5H2. The normalized spacial score (nSPS) is 10.8. The molecule has 0 saturated heterocycles. The summed E-state index contributed by atoms with van der Waals surface area (Å²) in [5.41, 5.74) is 0.566. The topological polar surface area (TPSA) is 33.4 Å². The van der Waals surface area contributed by atoms with Crippen LogP contribution in [0.1, 0.15) is 5.76 Å². The smallest absolute Gasteiger partial charge is 0.160 e. The lowest BCUT2D eigenvalue weighted by Crippen LogP contribution is -1.82. The molecule has 5 heteroatoms. The number of furan rings is 1. The SMILES string of the molecule is OCc1ccc(-c2cc(Cl)c(F)c(Cl)c2)o1. The zero-order valence-corrected chi connectivity index (χ0v) is 9.52. The van der Waals surface area contributed by atoms with Crippen LogP contribution in [-0.4, -0.2) is 5.11 Å². The van der Waals surface area contributed by atoms with Crippen LogP contribution in [-0.2, 0) is 6.61 Å². The predicted molar refractivity (Wildman–Crippen MR) is 60.0 cm³/mol. The molecule has 0 fully saturated rings. The van der Waals surface area contributed by atoms with E-state index in [1.165, 1.54) is 12.1 Å². The fourth-order valence-electron chi connectivity index (χ4n) is 1.32. The Hall–Kier alpha value is -1.03. The van der Waals surface area contributed by atoms with E-state index >= 15 is 0 Å². The molecule has 0 atom stereocenters. The molecule has 0 aliphatic rings. The van der Waals surface area contributed by atoms with Crippen LogP contribution in [0.25, 0.3) is 11.3 Å². The Bertz CT molecular complexity index is 499. The van der Waals surface area contributed by atoms with Gasteiger partial charge in [-0.05, 0) is 24.3 Å². The van der Waals surface area contributed by atoms with Crippen LogP contribution in [0, 0.1) is 5.82 Å². The van der Waals surface area contributed by atoms with E-state index < -0.39 is 5.82 Å². The zero-order valence-electron chi connectivity index (χ0n) is 8.01. The van der Waals surface area contributed by atoms with Crippen LogP contribution < -0.4 is 0 Å². The van der Waals surface area contributed by atoms with E-state index in [0.29, 0.717) is 17.1 Å². The van der Waals surface area contributed by atoms with Crippen molar-refractivity contribution in [2.75, 3.05) is 0 Å². The Balaban J connectivity index is 2.48. The summed E-state index contributed by atoms with van der Waals surface area (Å²) in [7, 11) is 0. The third-order valence-electron chi connectivity index (χ3n) is 2.09. The van der Waals surface area contributed by atoms with Crippen molar-refractivity contribution in [3.05, 3.63) is 45.9 Å². The first-order valence-electron chi connectivity index (χ1n) is 4.46. The molecule has 1 aromatic carbocycles. The lowest BCUT2D eigenvalue weighted by Gasteiger charge is -2.01. The molecule has 2 aromatic rings. The molecular formula is C11H7Cl2FO2. The van der Waals surface area contributed by atoms with Crippen LogP contribution in [0.3, 0.4) is 0 Å². The highest BCUT2D eigenvalue weighted by molar-refractivity contribution is 6.35. The van der Waals surface area contributed by atoms with Crippen LogP contribution in [0.2, 0.25) is 10.0 Å². The summed E-state index contributed by atoms with van der Waals surface area (Å²) in [5, 5.41) is 8.71. The molecule has 2 nitrogen and oxygen atoms in total. The minimum Gasteiger partial charge on any atom is -0.459 e. The highest BCUT2D eigenvalue weighted by Gasteiger charge is 2.11. The Morgan fingerprint density at radius 1 is 1.19 bits per heavy atom. The number of rotatable bonds is 2. The van der Waals surface area contributed by atoms with E-state index in [2.05, 4.69) is 0 Å². The summed E-state index contributed by atoms with van der Waals surface area (Å²) >= 11 is 11.3. The zero-order chi connectivity index (χ0) is 11.7. The molecule has 0 amide bonds. The van der Waals surface area contributed by atoms with Gasteiger partial charge in [0.15, 0.2) is 5.82 Å². The van der Waals surface area contributed by atoms with E-state index in [9.17, 15) is 4.39 Å². The Kier molecular flexibility index (Phi) is 3.19. The summed E-state index contributed by atoms with van der Waals surface area (Å²) in [6.07, 6.45) is 0. The molecule has 0 bridgehead atoms. The third-order valence-corrected chi connectivity index (χ3v) is 2.64. The van der Waals surface area contributed by atoms with Gasteiger partial charge in [0.2, 0.25) is 0 Å². The van der Waals surface area contributed by atoms with Gasteiger partial charge in [-0.1, -0.05) is 23.2 Å². The number of hydrogen-bond donors (Lipinski definition) is 1. The molecule has 0 unspecified atom stereocenters. The molecule has 1 aromatic heterocycles. The summed E-state index contributed by atoms with van der Waals surface area (Å²) < 4.78 is 18.4. The van der Waals surface area contributed by atoms with Crippen LogP contribution in [0.5, 0.6) is 0 Å². The van der Waals surface area contributed by atoms with Crippen molar-refractivity contribution in [2.24, 2.45) is 0 Å². The number of hydrogen-bond acceptors (Lipinski definition) is 2. The molecule has 0 saturated carbocycles. The maximum atomic E-state index is 13.2. The van der Waals surface area contributed by atoms with E-state index in [4.69, 9.17) is 32.7 Å². The van der Waals surface area contributed by atoms with Gasteiger partial charge in [0, 0.05) is 5.56 Å². The monoisotopic (exact) mass is 260 g/mol. The number of aliphatic hydroxyl groups excluding tert-OH is 1. The first-order chi connectivity index (χ1) is 7.61. The van der Waals surface area contributed by atoms with Gasteiger partial charge in [-0.15, -0.1) is 0 Å². The fourth-order valence-corrected chi connectivity index (χ4v) is 1.80. The Labute approximate surface area is 101 Å². The largest absolute Gasteiger partial charge is 0.459 e. The maximum absolute atomic E-state index is 13.2. The summed E-state index contributed by atoms with van der Waals surface area (Å²) in [6.45, 7) is -0.192. The molecule has 1 heterocycles. The van der Waals surface area contributed by atoms with Crippen LogP contribution in [0.15, 0.2) is 28.7 Å². The molecule has 1 N–H and O–H groups in total.